The quantitative estimate of drug-likeness (QED) is 0.916. The SMILES string of the molecule is Cc1ccccc1NC(=O)c1cccc(C(=O)N2CCCC(C)C2)c1. The van der Waals surface area contributed by atoms with Gasteiger partial charge < -0.3 is 10.2 Å². The molecule has 2 amide bonds. The predicted octanol–water partition coefficient (Wildman–Crippen LogP) is 4.12. The number of hydrogen-bond donors (Lipinski definition) is 1. The average Bonchev–Trinajstić information content (AvgIpc) is 2.63. The molecule has 0 saturated carbocycles. The molecule has 4 nitrogen and oxygen atoms in total. The molecule has 1 unspecified atom stereocenters. The molecule has 0 bridgehead atoms. The van der Waals surface area contributed by atoms with E-state index in [-0.39, 0.29) is 11.8 Å². The van der Waals surface area contributed by atoms with E-state index >= 15 is 0 Å². The van der Waals surface area contributed by atoms with E-state index in [1.165, 1.54) is 6.42 Å². The minimum Gasteiger partial charge on any atom is -0.338 e. The predicted molar refractivity (Wildman–Crippen MR) is 99.9 cm³/mol. The summed E-state index contributed by atoms with van der Waals surface area (Å²) in [5, 5.41) is 2.92. The van der Waals surface area contributed by atoms with E-state index in [2.05, 4.69) is 12.2 Å². The Balaban J connectivity index is 1.75. The molecule has 3 rings (SSSR count). The first kappa shape index (κ1) is 17.2. The molecule has 1 saturated heterocycles. The fourth-order valence-corrected chi connectivity index (χ4v) is 3.26. The number of carbonyl (C=O) groups is 2. The number of nitrogens with zero attached hydrogens (tertiary/aromatic N) is 1. The number of piperidine rings is 1. The van der Waals surface area contributed by atoms with Crippen LogP contribution in [-0.4, -0.2) is 29.8 Å². The summed E-state index contributed by atoms with van der Waals surface area (Å²) in [6.45, 7) is 5.71. The van der Waals surface area contributed by atoms with Gasteiger partial charge in [0.25, 0.3) is 11.8 Å². The van der Waals surface area contributed by atoms with Gasteiger partial charge in [0.1, 0.15) is 0 Å². The van der Waals surface area contributed by atoms with Crippen LogP contribution in [0, 0.1) is 12.8 Å². The van der Waals surface area contributed by atoms with Gasteiger partial charge in [-0.05, 0) is 55.5 Å². The van der Waals surface area contributed by atoms with Crippen molar-refractivity contribution in [2.45, 2.75) is 26.7 Å². The van der Waals surface area contributed by atoms with Crippen molar-refractivity contribution in [3.05, 3.63) is 65.2 Å². The number of nitrogens with one attached hydrogen (secondary N) is 1. The average molecular weight is 336 g/mol. The summed E-state index contributed by atoms with van der Waals surface area (Å²) in [5.41, 5.74) is 2.87. The number of hydrogen-bond acceptors (Lipinski definition) is 2. The maximum Gasteiger partial charge on any atom is 0.255 e. The third kappa shape index (κ3) is 4.08. The first-order valence-corrected chi connectivity index (χ1v) is 8.81. The van der Waals surface area contributed by atoms with Gasteiger partial charge in [-0.25, -0.2) is 0 Å². The minimum absolute atomic E-state index is 0.0112. The van der Waals surface area contributed by atoms with E-state index in [0.29, 0.717) is 17.0 Å². The van der Waals surface area contributed by atoms with E-state index in [4.69, 9.17) is 0 Å². The van der Waals surface area contributed by atoms with Crippen LogP contribution in [0.25, 0.3) is 0 Å². The van der Waals surface area contributed by atoms with Gasteiger partial charge in [-0.3, -0.25) is 9.59 Å². The second kappa shape index (κ2) is 7.51. The van der Waals surface area contributed by atoms with Crippen LogP contribution < -0.4 is 5.32 Å². The highest BCUT2D eigenvalue weighted by molar-refractivity contribution is 6.06. The van der Waals surface area contributed by atoms with Crippen LogP contribution in [0.3, 0.4) is 0 Å². The number of amides is 2. The van der Waals surface area contributed by atoms with Crippen LogP contribution in [-0.2, 0) is 0 Å². The van der Waals surface area contributed by atoms with Crippen molar-refractivity contribution < 1.29 is 9.59 Å². The smallest absolute Gasteiger partial charge is 0.255 e. The van der Waals surface area contributed by atoms with E-state index in [9.17, 15) is 9.59 Å². The third-order valence-electron chi connectivity index (χ3n) is 4.71. The molecule has 1 heterocycles. The number of benzene rings is 2. The summed E-state index contributed by atoms with van der Waals surface area (Å²) in [7, 11) is 0. The number of aryl methyl sites for hydroxylation is 1. The highest BCUT2D eigenvalue weighted by Gasteiger charge is 2.22. The second-order valence-electron chi connectivity index (χ2n) is 6.85. The summed E-state index contributed by atoms with van der Waals surface area (Å²) in [6.07, 6.45) is 2.21. The van der Waals surface area contributed by atoms with Crippen molar-refractivity contribution in [1.82, 2.24) is 4.90 Å². The molecule has 1 aliphatic rings. The van der Waals surface area contributed by atoms with Crippen molar-refractivity contribution in [2.75, 3.05) is 18.4 Å². The Morgan fingerprint density at radius 3 is 2.60 bits per heavy atom. The van der Waals surface area contributed by atoms with E-state index < -0.39 is 0 Å². The Hall–Kier alpha value is -2.62. The van der Waals surface area contributed by atoms with Gasteiger partial charge in [0.2, 0.25) is 0 Å². The normalized spacial score (nSPS) is 17.2. The van der Waals surface area contributed by atoms with Gasteiger partial charge >= 0.3 is 0 Å². The van der Waals surface area contributed by atoms with Crippen LogP contribution in [0.2, 0.25) is 0 Å². The van der Waals surface area contributed by atoms with Gasteiger partial charge in [-0.15, -0.1) is 0 Å². The fourth-order valence-electron chi connectivity index (χ4n) is 3.26. The summed E-state index contributed by atoms with van der Waals surface area (Å²) in [5.74, 6) is 0.346. The third-order valence-corrected chi connectivity index (χ3v) is 4.71. The lowest BCUT2D eigenvalue weighted by molar-refractivity contribution is 0.0683. The summed E-state index contributed by atoms with van der Waals surface area (Å²) in [6, 6.07) is 14.6. The topological polar surface area (TPSA) is 49.4 Å². The lowest BCUT2D eigenvalue weighted by Gasteiger charge is -2.31. The molecule has 1 N–H and O–H groups in total. The Kier molecular flexibility index (Phi) is 5.17. The number of carbonyl (C=O) groups excluding carboxylic acids is 2. The van der Waals surface area contributed by atoms with Crippen LogP contribution in [0.4, 0.5) is 5.69 Å². The molecule has 25 heavy (non-hydrogen) atoms. The lowest BCUT2D eigenvalue weighted by Crippen LogP contribution is -2.39. The van der Waals surface area contributed by atoms with E-state index in [0.717, 1.165) is 30.8 Å². The van der Waals surface area contributed by atoms with E-state index in [1.807, 2.05) is 36.1 Å². The summed E-state index contributed by atoms with van der Waals surface area (Å²) >= 11 is 0. The van der Waals surface area contributed by atoms with Gasteiger partial charge in [0, 0.05) is 29.9 Å². The van der Waals surface area contributed by atoms with Crippen LogP contribution >= 0.6 is 0 Å². The van der Waals surface area contributed by atoms with Gasteiger partial charge in [-0.2, -0.15) is 0 Å². The maximum absolute atomic E-state index is 12.7. The Labute approximate surface area is 148 Å². The molecule has 1 aliphatic heterocycles. The minimum atomic E-state index is -0.198. The largest absolute Gasteiger partial charge is 0.338 e. The number of para-hydroxylation sites is 1. The van der Waals surface area contributed by atoms with Crippen LogP contribution in [0.5, 0.6) is 0 Å². The van der Waals surface area contributed by atoms with Gasteiger partial charge in [0.05, 0.1) is 0 Å². The zero-order valence-electron chi connectivity index (χ0n) is 14.8. The first-order chi connectivity index (χ1) is 12.0. The molecule has 0 spiro atoms. The Morgan fingerprint density at radius 1 is 1.08 bits per heavy atom. The summed E-state index contributed by atoms with van der Waals surface area (Å²) in [4.78, 5) is 27.2. The molecule has 0 radical (unpaired) electrons. The lowest BCUT2D eigenvalue weighted by atomic mass is 9.99. The molecular formula is C21H24N2O2. The van der Waals surface area contributed by atoms with Gasteiger partial charge in [0.15, 0.2) is 0 Å². The molecule has 2 aromatic rings. The molecule has 4 heteroatoms. The number of likely N-dealkylation sites (tertiary alicyclic amines) is 1. The number of rotatable bonds is 3. The zero-order valence-corrected chi connectivity index (χ0v) is 14.8. The van der Waals surface area contributed by atoms with Crippen LogP contribution in [0.1, 0.15) is 46.0 Å². The summed E-state index contributed by atoms with van der Waals surface area (Å²) < 4.78 is 0. The zero-order chi connectivity index (χ0) is 17.8. The molecular weight excluding hydrogens is 312 g/mol. The fraction of sp³-hybridized carbons (Fsp3) is 0.333. The van der Waals surface area contributed by atoms with Crippen molar-refractivity contribution in [3.8, 4) is 0 Å². The van der Waals surface area contributed by atoms with Crippen molar-refractivity contribution >= 4 is 17.5 Å². The van der Waals surface area contributed by atoms with Crippen LogP contribution in [0.15, 0.2) is 48.5 Å². The maximum atomic E-state index is 12.7. The molecule has 2 aromatic carbocycles. The van der Waals surface area contributed by atoms with Crippen molar-refractivity contribution in [3.63, 3.8) is 0 Å². The molecule has 130 valence electrons. The molecule has 1 atom stereocenters. The van der Waals surface area contributed by atoms with Gasteiger partial charge in [-0.1, -0.05) is 31.2 Å². The molecule has 1 fully saturated rings. The Morgan fingerprint density at radius 2 is 1.84 bits per heavy atom. The van der Waals surface area contributed by atoms with E-state index in [1.54, 1.807) is 24.3 Å². The Bertz CT molecular complexity index is 785. The van der Waals surface area contributed by atoms with Crippen molar-refractivity contribution in [2.24, 2.45) is 5.92 Å². The van der Waals surface area contributed by atoms with Crippen molar-refractivity contribution in [1.29, 1.82) is 0 Å². The first-order valence-electron chi connectivity index (χ1n) is 8.81. The highest BCUT2D eigenvalue weighted by atomic mass is 16.2. The molecule has 0 aliphatic carbocycles. The molecule has 0 aromatic heterocycles. The second-order valence-corrected chi connectivity index (χ2v) is 6.85. The number of anilines is 1. The monoisotopic (exact) mass is 336 g/mol. The highest BCUT2D eigenvalue weighted by Crippen LogP contribution is 2.19. The standard InChI is InChI=1S/C21H24N2O2/c1-15-7-6-12-23(14-15)21(25)18-10-5-9-17(13-18)20(24)22-19-11-4-3-8-16(19)2/h3-5,8-11,13,15H,6-7,12,14H2,1-2H3,(H,22,24).